The predicted molar refractivity (Wildman–Crippen MR) is 78.6 cm³/mol. The number of hydrogen-bond donors (Lipinski definition) is 0. The zero-order valence-corrected chi connectivity index (χ0v) is 12.9. The molecule has 2 rings (SSSR count). The van der Waals surface area contributed by atoms with Crippen LogP contribution in [0.5, 0.6) is 0 Å². The smallest absolute Gasteiger partial charge is 0.263 e. The van der Waals surface area contributed by atoms with Crippen molar-refractivity contribution in [3.8, 4) is 0 Å². The van der Waals surface area contributed by atoms with Gasteiger partial charge in [0.25, 0.3) is 6.43 Å². The van der Waals surface area contributed by atoms with Crippen molar-refractivity contribution in [1.82, 2.24) is 0 Å². The second-order valence-electron chi connectivity index (χ2n) is 3.53. The van der Waals surface area contributed by atoms with Crippen LogP contribution in [0.2, 0.25) is 0 Å². The van der Waals surface area contributed by atoms with E-state index in [0.29, 0.717) is 10.0 Å². The zero-order valence-electron chi connectivity index (χ0n) is 9.69. The van der Waals surface area contributed by atoms with E-state index in [1.54, 1.807) is 24.3 Å². The highest BCUT2D eigenvalue weighted by Gasteiger charge is 2.04. The van der Waals surface area contributed by atoms with Crippen molar-refractivity contribution in [2.24, 2.45) is 0 Å². The monoisotopic (exact) mass is 390 g/mol. The molecule has 0 saturated heterocycles. The van der Waals surface area contributed by atoms with Crippen LogP contribution >= 0.6 is 31.9 Å². The first-order chi connectivity index (χ1) is 9.02. The molecular formula is C14H10Br2F2O. The van der Waals surface area contributed by atoms with Gasteiger partial charge >= 0.3 is 0 Å². The van der Waals surface area contributed by atoms with Gasteiger partial charge in [0.15, 0.2) is 0 Å². The van der Waals surface area contributed by atoms with Gasteiger partial charge in [-0.05, 0) is 24.3 Å². The molecule has 0 radical (unpaired) electrons. The maximum atomic E-state index is 11.9. The Hall–Kier alpha value is -1.07. The fourth-order valence-electron chi connectivity index (χ4n) is 1.22. The molecule has 1 nitrogen and oxygen atoms in total. The molecule has 2 aromatic rings. The summed E-state index contributed by atoms with van der Waals surface area (Å²) < 4.78 is 25.5. The van der Waals surface area contributed by atoms with Crippen molar-refractivity contribution >= 4 is 38.1 Å². The van der Waals surface area contributed by atoms with E-state index >= 15 is 0 Å². The molecule has 0 fully saturated rings. The van der Waals surface area contributed by atoms with E-state index in [1.807, 2.05) is 12.1 Å². The van der Waals surface area contributed by atoms with Gasteiger partial charge in [0, 0.05) is 20.1 Å². The molecule has 100 valence electrons. The molecule has 0 heterocycles. The summed E-state index contributed by atoms with van der Waals surface area (Å²) in [4.78, 5) is 10.1. The summed E-state index contributed by atoms with van der Waals surface area (Å²) in [6, 6.07) is 13.4. The Morgan fingerprint density at radius 1 is 0.947 bits per heavy atom. The third-order valence-corrected chi connectivity index (χ3v) is 3.07. The molecule has 0 saturated carbocycles. The fourth-order valence-corrected chi connectivity index (χ4v) is 2.06. The molecule has 0 aliphatic rings. The Morgan fingerprint density at radius 2 is 1.53 bits per heavy atom. The number of benzene rings is 2. The predicted octanol–water partition coefficient (Wildman–Crippen LogP) is 5.65. The Kier molecular flexibility index (Phi) is 6.87. The Balaban J connectivity index is 0.000000191. The van der Waals surface area contributed by atoms with E-state index in [2.05, 4.69) is 31.9 Å². The van der Waals surface area contributed by atoms with Gasteiger partial charge in [-0.1, -0.05) is 56.1 Å². The lowest BCUT2D eigenvalue weighted by Gasteiger charge is -1.97. The number of halogens is 4. The number of hydrogen-bond acceptors (Lipinski definition) is 1. The largest absolute Gasteiger partial charge is 0.298 e. The van der Waals surface area contributed by atoms with Gasteiger partial charge in [-0.3, -0.25) is 4.79 Å². The fraction of sp³-hybridized carbons (Fsp3) is 0.0714. The average Bonchev–Trinajstić information content (AvgIpc) is 2.39. The second kappa shape index (κ2) is 8.17. The van der Waals surface area contributed by atoms with Gasteiger partial charge in [-0.2, -0.15) is 0 Å². The van der Waals surface area contributed by atoms with Gasteiger partial charge in [-0.15, -0.1) is 0 Å². The van der Waals surface area contributed by atoms with Crippen LogP contribution in [0, 0.1) is 0 Å². The van der Waals surface area contributed by atoms with Crippen LogP contribution in [-0.4, -0.2) is 6.29 Å². The summed E-state index contributed by atoms with van der Waals surface area (Å²) in [5, 5.41) is 0. The average molecular weight is 392 g/mol. The van der Waals surface area contributed by atoms with Crippen LogP contribution in [0.15, 0.2) is 57.5 Å². The first-order valence-electron chi connectivity index (χ1n) is 5.27. The van der Waals surface area contributed by atoms with E-state index in [4.69, 9.17) is 0 Å². The summed E-state index contributed by atoms with van der Waals surface area (Å²) in [7, 11) is 0. The molecule has 0 aliphatic carbocycles. The van der Waals surface area contributed by atoms with Crippen molar-refractivity contribution in [1.29, 1.82) is 0 Å². The molecule has 19 heavy (non-hydrogen) atoms. The Labute approximate surface area is 126 Å². The van der Waals surface area contributed by atoms with Crippen molar-refractivity contribution in [3.05, 3.63) is 68.6 Å². The third kappa shape index (κ3) is 6.07. The highest BCUT2D eigenvalue weighted by molar-refractivity contribution is 9.10. The second-order valence-corrected chi connectivity index (χ2v) is 5.36. The molecular weight excluding hydrogens is 382 g/mol. The molecule has 0 unspecified atom stereocenters. The van der Waals surface area contributed by atoms with E-state index < -0.39 is 6.43 Å². The first-order valence-corrected chi connectivity index (χ1v) is 6.86. The first kappa shape index (κ1) is 16.0. The summed E-state index contributed by atoms with van der Waals surface area (Å²) in [5.74, 6) is 0. The molecule has 2 aromatic carbocycles. The lowest BCUT2D eigenvalue weighted by atomic mass is 10.2. The Bertz CT molecular complexity index is 544. The number of carbonyl (C=O) groups is 1. The van der Waals surface area contributed by atoms with Crippen LogP contribution < -0.4 is 0 Å². The van der Waals surface area contributed by atoms with Crippen LogP contribution in [0.3, 0.4) is 0 Å². The highest BCUT2D eigenvalue weighted by Crippen LogP contribution is 2.21. The van der Waals surface area contributed by atoms with Crippen molar-refractivity contribution < 1.29 is 13.6 Å². The molecule has 0 atom stereocenters. The van der Waals surface area contributed by atoms with Crippen molar-refractivity contribution in [3.63, 3.8) is 0 Å². The van der Waals surface area contributed by atoms with Crippen LogP contribution in [0.1, 0.15) is 22.3 Å². The standard InChI is InChI=1S/C7H5BrF2.C7H5BrO/c8-6-3-1-2-5(4-6)7(9)10;8-7-3-1-2-6(4-7)5-9/h1-4,7H;1-5H. The van der Waals surface area contributed by atoms with Crippen LogP contribution in [0.25, 0.3) is 0 Å². The quantitative estimate of drug-likeness (QED) is 0.604. The highest BCUT2D eigenvalue weighted by atomic mass is 79.9. The minimum absolute atomic E-state index is 0.0503. The molecule has 0 bridgehead atoms. The maximum absolute atomic E-state index is 11.9. The number of carbonyl (C=O) groups excluding carboxylic acids is 1. The van der Waals surface area contributed by atoms with E-state index in [0.717, 1.165) is 10.8 Å². The molecule has 0 aliphatic heterocycles. The number of rotatable bonds is 2. The summed E-state index contributed by atoms with van der Waals surface area (Å²) in [6.07, 6.45) is -1.55. The van der Waals surface area contributed by atoms with Gasteiger partial charge in [0.1, 0.15) is 6.29 Å². The van der Waals surface area contributed by atoms with Gasteiger partial charge < -0.3 is 0 Å². The van der Waals surface area contributed by atoms with Crippen molar-refractivity contribution in [2.45, 2.75) is 6.43 Å². The normalized spacial score (nSPS) is 9.74. The molecule has 0 amide bonds. The molecule has 0 aromatic heterocycles. The molecule has 0 N–H and O–H groups in total. The minimum Gasteiger partial charge on any atom is -0.298 e. The number of aldehydes is 1. The lowest BCUT2D eigenvalue weighted by molar-refractivity contribution is 0.112. The van der Waals surface area contributed by atoms with Crippen molar-refractivity contribution in [2.75, 3.05) is 0 Å². The zero-order chi connectivity index (χ0) is 14.3. The number of alkyl halides is 2. The van der Waals surface area contributed by atoms with Gasteiger partial charge in [-0.25, -0.2) is 8.78 Å². The third-order valence-electron chi connectivity index (χ3n) is 2.09. The maximum Gasteiger partial charge on any atom is 0.263 e. The topological polar surface area (TPSA) is 17.1 Å². The summed E-state index contributed by atoms with van der Waals surface area (Å²) in [5.41, 5.74) is 0.749. The minimum atomic E-state index is -2.38. The molecule has 5 heteroatoms. The van der Waals surface area contributed by atoms with Gasteiger partial charge in [0.05, 0.1) is 0 Å². The SMILES string of the molecule is FC(F)c1cccc(Br)c1.O=Cc1cccc(Br)c1. The Morgan fingerprint density at radius 3 is 1.89 bits per heavy atom. The van der Waals surface area contributed by atoms with Crippen LogP contribution in [-0.2, 0) is 0 Å². The lowest BCUT2D eigenvalue weighted by Crippen LogP contribution is -1.81. The van der Waals surface area contributed by atoms with E-state index in [1.165, 1.54) is 12.1 Å². The molecule has 0 spiro atoms. The summed E-state index contributed by atoms with van der Waals surface area (Å²) >= 11 is 6.34. The summed E-state index contributed by atoms with van der Waals surface area (Å²) in [6.45, 7) is 0. The van der Waals surface area contributed by atoms with E-state index in [9.17, 15) is 13.6 Å². The van der Waals surface area contributed by atoms with Crippen LogP contribution in [0.4, 0.5) is 8.78 Å². The van der Waals surface area contributed by atoms with Gasteiger partial charge in [0.2, 0.25) is 0 Å². The van der Waals surface area contributed by atoms with E-state index in [-0.39, 0.29) is 5.56 Å².